The Bertz CT molecular complexity index is 386. The normalized spacial score (nSPS) is 24.6. The van der Waals surface area contributed by atoms with E-state index in [0.29, 0.717) is 11.3 Å². The molecule has 2 atom stereocenters. The molecule has 0 heterocycles. The minimum atomic E-state index is 0.127. The van der Waals surface area contributed by atoms with E-state index in [1.54, 1.807) is 7.11 Å². The Morgan fingerprint density at radius 2 is 2.18 bits per heavy atom. The van der Waals surface area contributed by atoms with Gasteiger partial charge in [0.15, 0.2) is 0 Å². The highest BCUT2D eigenvalue weighted by atomic mass is 16.5. The molecule has 2 rings (SSSR count). The van der Waals surface area contributed by atoms with E-state index in [0.717, 1.165) is 5.75 Å². The van der Waals surface area contributed by atoms with Gasteiger partial charge in [0.2, 0.25) is 0 Å². The monoisotopic (exact) mass is 233 g/mol. The van der Waals surface area contributed by atoms with E-state index in [4.69, 9.17) is 10.5 Å². The van der Waals surface area contributed by atoms with Crippen molar-refractivity contribution < 1.29 is 4.74 Å². The van der Waals surface area contributed by atoms with Crippen molar-refractivity contribution in [2.45, 2.75) is 39.2 Å². The number of ether oxygens (including phenoxy) is 1. The summed E-state index contributed by atoms with van der Waals surface area (Å²) in [5.41, 5.74) is 8.01. The topological polar surface area (TPSA) is 35.2 Å². The maximum Gasteiger partial charge on any atom is 0.119 e. The summed E-state index contributed by atoms with van der Waals surface area (Å²) in [6, 6.07) is 8.30. The Balaban J connectivity index is 2.21. The van der Waals surface area contributed by atoms with Crippen LogP contribution in [-0.2, 0) is 0 Å². The fourth-order valence-corrected chi connectivity index (χ4v) is 3.10. The third kappa shape index (κ3) is 2.47. The first-order valence-corrected chi connectivity index (χ1v) is 6.44. The largest absolute Gasteiger partial charge is 0.497 e. The lowest BCUT2D eigenvalue weighted by Crippen LogP contribution is -2.29. The first kappa shape index (κ1) is 12.4. The lowest BCUT2D eigenvalue weighted by atomic mass is 9.76. The highest BCUT2D eigenvalue weighted by molar-refractivity contribution is 5.31. The molecule has 2 N–H and O–H groups in total. The Hall–Kier alpha value is -1.02. The van der Waals surface area contributed by atoms with Gasteiger partial charge in [-0.05, 0) is 41.9 Å². The standard InChI is InChI=1S/C15H23NO/c1-15(2)9-5-8-13(15)14(16)11-6-4-7-12(10-11)17-3/h4,6-7,10,13-14H,5,8-9,16H2,1-3H3. The van der Waals surface area contributed by atoms with Gasteiger partial charge in [-0.15, -0.1) is 0 Å². The van der Waals surface area contributed by atoms with E-state index in [1.165, 1.54) is 24.8 Å². The zero-order valence-electron chi connectivity index (χ0n) is 11.1. The minimum Gasteiger partial charge on any atom is -0.497 e. The summed E-state index contributed by atoms with van der Waals surface area (Å²) < 4.78 is 5.26. The number of hydrogen-bond donors (Lipinski definition) is 1. The van der Waals surface area contributed by atoms with Gasteiger partial charge >= 0.3 is 0 Å². The molecule has 1 fully saturated rings. The second-order valence-electron chi connectivity index (χ2n) is 5.79. The van der Waals surface area contributed by atoms with Gasteiger partial charge in [-0.3, -0.25) is 0 Å². The first-order chi connectivity index (χ1) is 8.04. The van der Waals surface area contributed by atoms with Crippen molar-refractivity contribution in [1.82, 2.24) is 0 Å². The van der Waals surface area contributed by atoms with Crippen LogP contribution in [0.4, 0.5) is 0 Å². The minimum absolute atomic E-state index is 0.127. The van der Waals surface area contributed by atoms with Crippen LogP contribution >= 0.6 is 0 Å². The second kappa shape index (κ2) is 4.69. The molecule has 1 aliphatic carbocycles. The molecule has 2 heteroatoms. The molecule has 0 aliphatic heterocycles. The number of hydrogen-bond acceptors (Lipinski definition) is 2. The average Bonchev–Trinajstić information content (AvgIpc) is 2.68. The molecule has 2 unspecified atom stereocenters. The zero-order valence-corrected chi connectivity index (χ0v) is 11.1. The highest BCUT2D eigenvalue weighted by Crippen LogP contribution is 2.47. The van der Waals surface area contributed by atoms with E-state index in [-0.39, 0.29) is 6.04 Å². The quantitative estimate of drug-likeness (QED) is 0.867. The number of methoxy groups -OCH3 is 1. The van der Waals surface area contributed by atoms with E-state index >= 15 is 0 Å². The Kier molecular flexibility index (Phi) is 3.43. The number of rotatable bonds is 3. The lowest BCUT2D eigenvalue weighted by Gasteiger charge is -2.32. The van der Waals surface area contributed by atoms with Crippen molar-refractivity contribution in [3.63, 3.8) is 0 Å². The van der Waals surface area contributed by atoms with Gasteiger partial charge in [0.05, 0.1) is 7.11 Å². The van der Waals surface area contributed by atoms with Gasteiger partial charge in [0.1, 0.15) is 5.75 Å². The van der Waals surface area contributed by atoms with Crippen LogP contribution in [0.1, 0.15) is 44.7 Å². The SMILES string of the molecule is COc1cccc(C(N)C2CCCC2(C)C)c1. The Labute approximate surface area is 104 Å². The Morgan fingerprint density at radius 1 is 1.41 bits per heavy atom. The summed E-state index contributed by atoms with van der Waals surface area (Å²) in [4.78, 5) is 0. The van der Waals surface area contributed by atoms with Crippen LogP contribution in [0, 0.1) is 11.3 Å². The molecule has 0 aromatic heterocycles. The highest BCUT2D eigenvalue weighted by Gasteiger charge is 2.38. The summed E-state index contributed by atoms with van der Waals surface area (Å²) in [6.45, 7) is 4.68. The summed E-state index contributed by atoms with van der Waals surface area (Å²) in [6.07, 6.45) is 3.83. The van der Waals surface area contributed by atoms with Gasteiger partial charge < -0.3 is 10.5 Å². The third-order valence-corrected chi connectivity index (χ3v) is 4.25. The molecule has 2 nitrogen and oxygen atoms in total. The van der Waals surface area contributed by atoms with Crippen molar-refractivity contribution in [2.75, 3.05) is 7.11 Å². The van der Waals surface area contributed by atoms with Crippen molar-refractivity contribution in [3.05, 3.63) is 29.8 Å². The summed E-state index contributed by atoms with van der Waals surface area (Å²) in [5, 5.41) is 0. The van der Waals surface area contributed by atoms with Gasteiger partial charge in [0.25, 0.3) is 0 Å². The van der Waals surface area contributed by atoms with Crippen molar-refractivity contribution in [2.24, 2.45) is 17.1 Å². The van der Waals surface area contributed by atoms with Crippen LogP contribution in [0.25, 0.3) is 0 Å². The van der Waals surface area contributed by atoms with Crippen LogP contribution in [-0.4, -0.2) is 7.11 Å². The molecule has 0 saturated heterocycles. The molecule has 1 aromatic carbocycles. The molecule has 1 saturated carbocycles. The molecular formula is C15H23NO. The van der Waals surface area contributed by atoms with Crippen LogP contribution in [0.3, 0.4) is 0 Å². The summed E-state index contributed by atoms with van der Waals surface area (Å²) >= 11 is 0. The van der Waals surface area contributed by atoms with Crippen molar-refractivity contribution in [3.8, 4) is 5.75 Å². The molecule has 1 aliphatic rings. The maximum absolute atomic E-state index is 6.44. The van der Waals surface area contributed by atoms with Crippen LogP contribution in [0.5, 0.6) is 5.75 Å². The molecule has 94 valence electrons. The maximum atomic E-state index is 6.44. The van der Waals surface area contributed by atoms with E-state index < -0.39 is 0 Å². The summed E-state index contributed by atoms with van der Waals surface area (Å²) in [7, 11) is 1.70. The number of benzene rings is 1. The van der Waals surface area contributed by atoms with Crippen molar-refractivity contribution >= 4 is 0 Å². The van der Waals surface area contributed by atoms with Crippen LogP contribution < -0.4 is 10.5 Å². The molecule has 0 spiro atoms. The van der Waals surface area contributed by atoms with Crippen LogP contribution in [0.15, 0.2) is 24.3 Å². The first-order valence-electron chi connectivity index (χ1n) is 6.44. The number of nitrogens with two attached hydrogens (primary N) is 1. The predicted octanol–water partition coefficient (Wildman–Crippen LogP) is 3.52. The van der Waals surface area contributed by atoms with Crippen molar-refractivity contribution in [1.29, 1.82) is 0 Å². The molecule has 0 amide bonds. The molecule has 17 heavy (non-hydrogen) atoms. The van der Waals surface area contributed by atoms with E-state index in [2.05, 4.69) is 26.0 Å². The molecule has 1 aromatic rings. The Morgan fingerprint density at radius 3 is 2.76 bits per heavy atom. The fourth-order valence-electron chi connectivity index (χ4n) is 3.10. The molecular weight excluding hydrogens is 210 g/mol. The predicted molar refractivity (Wildman–Crippen MR) is 71.0 cm³/mol. The fraction of sp³-hybridized carbons (Fsp3) is 0.600. The van der Waals surface area contributed by atoms with Gasteiger partial charge in [-0.2, -0.15) is 0 Å². The second-order valence-corrected chi connectivity index (χ2v) is 5.79. The van der Waals surface area contributed by atoms with Crippen LogP contribution in [0.2, 0.25) is 0 Å². The van der Waals surface area contributed by atoms with Gasteiger partial charge in [-0.25, -0.2) is 0 Å². The lowest BCUT2D eigenvalue weighted by molar-refractivity contribution is 0.222. The van der Waals surface area contributed by atoms with E-state index in [1.807, 2.05) is 12.1 Å². The smallest absolute Gasteiger partial charge is 0.119 e. The van der Waals surface area contributed by atoms with Gasteiger partial charge in [0, 0.05) is 6.04 Å². The zero-order chi connectivity index (χ0) is 12.5. The third-order valence-electron chi connectivity index (χ3n) is 4.25. The summed E-state index contributed by atoms with van der Waals surface area (Å²) in [5.74, 6) is 1.48. The van der Waals surface area contributed by atoms with E-state index in [9.17, 15) is 0 Å². The average molecular weight is 233 g/mol. The molecule has 0 bridgehead atoms. The molecule has 0 radical (unpaired) electrons. The van der Waals surface area contributed by atoms with Gasteiger partial charge in [-0.1, -0.05) is 32.4 Å².